The third-order valence-electron chi connectivity index (χ3n) is 1.76. The van der Waals surface area contributed by atoms with Gasteiger partial charge in [-0.15, -0.1) is 0 Å². The van der Waals surface area contributed by atoms with E-state index in [0.717, 1.165) is 12.1 Å². The van der Waals surface area contributed by atoms with Crippen molar-refractivity contribution in [1.29, 1.82) is 0 Å². The Hall–Kier alpha value is -1.04. The van der Waals surface area contributed by atoms with E-state index in [1.165, 1.54) is 6.92 Å². The van der Waals surface area contributed by atoms with Crippen molar-refractivity contribution in [3.8, 4) is 0 Å². The maximum absolute atomic E-state index is 13.4. The summed E-state index contributed by atoms with van der Waals surface area (Å²) in [5.74, 6) is -6.39. The molecule has 0 unspecified atom stereocenters. The summed E-state index contributed by atoms with van der Waals surface area (Å²) in [6, 6.07) is 2.59. The maximum Gasteiger partial charge on any atom is 0.381 e. The summed E-state index contributed by atoms with van der Waals surface area (Å²) in [4.78, 5) is 11.0. The van der Waals surface area contributed by atoms with Crippen molar-refractivity contribution in [1.82, 2.24) is 0 Å². The molecule has 0 fully saturated rings. The zero-order valence-corrected chi connectivity index (χ0v) is 9.85. The van der Waals surface area contributed by atoms with E-state index in [9.17, 15) is 18.0 Å². The molecule has 0 amide bonds. The number of halogens is 4. The molecule has 0 saturated carbocycles. The molecule has 0 spiro atoms. The van der Waals surface area contributed by atoms with Crippen molar-refractivity contribution >= 4 is 21.9 Å². The highest BCUT2D eigenvalue weighted by Crippen LogP contribution is 2.31. The Bertz CT molecular complexity index is 387. The molecule has 0 aliphatic rings. The summed E-state index contributed by atoms with van der Waals surface area (Å²) in [6.07, 6.45) is 0. The van der Waals surface area contributed by atoms with Crippen molar-refractivity contribution in [3.05, 3.63) is 34.1 Å². The van der Waals surface area contributed by atoms with Gasteiger partial charge in [-0.3, -0.25) is 0 Å². The summed E-state index contributed by atoms with van der Waals surface area (Å²) < 4.78 is 44.1. The van der Waals surface area contributed by atoms with Crippen molar-refractivity contribution in [2.45, 2.75) is 12.8 Å². The molecule has 1 aromatic rings. The topological polar surface area (TPSA) is 26.3 Å². The summed E-state index contributed by atoms with van der Waals surface area (Å²) >= 11 is 2.87. The number of hydrogen-bond acceptors (Lipinski definition) is 2. The van der Waals surface area contributed by atoms with Crippen LogP contribution in [0.4, 0.5) is 13.2 Å². The molecule has 6 heteroatoms. The summed E-state index contributed by atoms with van der Waals surface area (Å²) in [5.41, 5.74) is -0.738. The van der Waals surface area contributed by atoms with E-state index in [0.29, 0.717) is 6.07 Å². The van der Waals surface area contributed by atoms with E-state index < -0.39 is 23.3 Å². The molecule has 1 aromatic carbocycles. The van der Waals surface area contributed by atoms with Crippen LogP contribution in [0.2, 0.25) is 0 Å². The zero-order valence-electron chi connectivity index (χ0n) is 8.27. The van der Waals surface area contributed by atoms with Crippen molar-refractivity contribution < 1.29 is 22.7 Å². The molecule has 0 aromatic heterocycles. The van der Waals surface area contributed by atoms with E-state index in [4.69, 9.17) is 0 Å². The number of ether oxygens (including phenoxy) is 1. The quantitative estimate of drug-likeness (QED) is 0.801. The number of carbonyl (C=O) groups is 1. The smallest absolute Gasteiger partial charge is 0.381 e. The lowest BCUT2D eigenvalue weighted by molar-refractivity contribution is -0.173. The molecule has 1 rings (SSSR count). The molecule has 0 aliphatic carbocycles. The Morgan fingerprint density at radius 1 is 1.44 bits per heavy atom. The van der Waals surface area contributed by atoms with Gasteiger partial charge in [-0.1, -0.05) is 15.9 Å². The van der Waals surface area contributed by atoms with Crippen LogP contribution >= 0.6 is 15.9 Å². The molecule has 0 radical (unpaired) electrons. The summed E-state index contributed by atoms with van der Waals surface area (Å²) in [5, 5.41) is 0. The SMILES string of the molecule is CCOC(=O)C(F)(F)c1cc(F)cc(Br)c1. The first-order valence-electron chi connectivity index (χ1n) is 4.39. The van der Waals surface area contributed by atoms with E-state index in [2.05, 4.69) is 20.7 Å². The minimum Gasteiger partial charge on any atom is -0.461 e. The molecule has 16 heavy (non-hydrogen) atoms. The fourth-order valence-electron chi connectivity index (χ4n) is 1.07. The highest BCUT2D eigenvalue weighted by Gasteiger charge is 2.43. The van der Waals surface area contributed by atoms with Crippen molar-refractivity contribution in [3.63, 3.8) is 0 Å². The molecule has 0 bridgehead atoms. The molecular weight excluding hydrogens is 289 g/mol. The van der Waals surface area contributed by atoms with Crippen LogP contribution in [0, 0.1) is 5.82 Å². The second-order valence-corrected chi connectivity index (χ2v) is 3.87. The number of hydrogen-bond donors (Lipinski definition) is 0. The molecule has 0 atom stereocenters. The first kappa shape index (κ1) is 13.0. The molecule has 0 N–H and O–H groups in total. The Labute approximate surface area is 98.5 Å². The van der Waals surface area contributed by atoms with Crippen LogP contribution in [0.25, 0.3) is 0 Å². The van der Waals surface area contributed by atoms with Gasteiger partial charge in [0.15, 0.2) is 0 Å². The van der Waals surface area contributed by atoms with Crippen LogP contribution in [-0.4, -0.2) is 12.6 Å². The van der Waals surface area contributed by atoms with Gasteiger partial charge < -0.3 is 4.74 Å². The number of carbonyl (C=O) groups excluding carboxylic acids is 1. The maximum atomic E-state index is 13.4. The fourth-order valence-corrected chi connectivity index (χ4v) is 1.54. The van der Waals surface area contributed by atoms with Crippen LogP contribution in [0.3, 0.4) is 0 Å². The van der Waals surface area contributed by atoms with Gasteiger partial charge >= 0.3 is 11.9 Å². The lowest BCUT2D eigenvalue weighted by Crippen LogP contribution is -2.28. The first-order chi connectivity index (χ1) is 7.37. The highest BCUT2D eigenvalue weighted by molar-refractivity contribution is 9.10. The van der Waals surface area contributed by atoms with E-state index in [1.54, 1.807) is 0 Å². The number of alkyl halides is 2. The Kier molecular flexibility index (Phi) is 3.96. The second kappa shape index (κ2) is 4.86. The summed E-state index contributed by atoms with van der Waals surface area (Å²) in [7, 11) is 0. The number of benzene rings is 1. The fraction of sp³-hybridized carbons (Fsp3) is 0.300. The van der Waals surface area contributed by atoms with Crippen LogP contribution in [-0.2, 0) is 15.5 Å². The number of rotatable bonds is 3. The van der Waals surface area contributed by atoms with E-state index in [-0.39, 0.29) is 11.1 Å². The second-order valence-electron chi connectivity index (χ2n) is 2.95. The average Bonchev–Trinajstić information content (AvgIpc) is 2.16. The average molecular weight is 297 g/mol. The molecular formula is C10H8BrF3O2. The monoisotopic (exact) mass is 296 g/mol. The zero-order chi connectivity index (χ0) is 12.3. The van der Waals surface area contributed by atoms with Gasteiger partial charge in [-0.2, -0.15) is 8.78 Å². The third kappa shape index (κ3) is 2.75. The highest BCUT2D eigenvalue weighted by atomic mass is 79.9. The molecule has 2 nitrogen and oxygen atoms in total. The largest absolute Gasteiger partial charge is 0.461 e. The molecule has 0 saturated heterocycles. The van der Waals surface area contributed by atoms with Crippen LogP contribution in [0.5, 0.6) is 0 Å². The van der Waals surface area contributed by atoms with Gasteiger partial charge in [-0.05, 0) is 25.1 Å². The minimum absolute atomic E-state index is 0.131. The van der Waals surface area contributed by atoms with E-state index >= 15 is 0 Å². The Morgan fingerprint density at radius 2 is 2.06 bits per heavy atom. The van der Waals surface area contributed by atoms with Crippen molar-refractivity contribution in [2.24, 2.45) is 0 Å². The first-order valence-corrected chi connectivity index (χ1v) is 5.19. The Balaban J connectivity index is 3.10. The predicted octanol–water partition coefficient (Wildman–Crippen LogP) is 3.24. The Morgan fingerprint density at radius 3 is 2.56 bits per heavy atom. The lowest BCUT2D eigenvalue weighted by Gasteiger charge is -2.15. The molecule has 0 heterocycles. The standard InChI is InChI=1S/C10H8BrF3O2/c1-2-16-9(15)10(13,14)6-3-7(11)5-8(12)4-6/h3-5H,2H2,1H3. The van der Waals surface area contributed by atoms with Crippen LogP contribution in [0.1, 0.15) is 12.5 Å². The van der Waals surface area contributed by atoms with Gasteiger partial charge in [0.1, 0.15) is 5.82 Å². The van der Waals surface area contributed by atoms with Gasteiger partial charge in [-0.25, -0.2) is 9.18 Å². The van der Waals surface area contributed by atoms with Crippen LogP contribution < -0.4 is 0 Å². The molecule has 0 aliphatic heterocycles. The normalized spacial score (nSPS) is 11.3. The van der Waals surface area contributed by atoms with Gasteiger partial charge in [0, 0.05) is 10.0 Å². The third-order valence-corrected chi connectivity index (χ3v) is 2.21. The summed E-state index contributed by atoms with van der Waals surface area (Å²) in [6.45, 7) is 1.25. The lowest BCUT2D eigenvalue weighted by atomic mass is 10.1. The molecule has 88 valence electrons. The number of esters is 1. The predicted molar refractivity (Wildman–Crippen MR) is 54.6 cm³/mol. The van der Waals surface area contributed by atoms with Gasteiger partial charge in [0.2, 0.25) is 0 Å². The van der Waals surface area contributed by atoms with Gasteiger partial charge in [0.25, 0.3) is 0 Å². The van der Waals surface area contributed by atoms with E-state index in [1.807, 2.05) is 0 Å². The minimum atomic E-state index is -3.85. The van der Waals surface area contributed by atoms with Gasteiger partial charge in [0.05, 0.1) is 6.61 Å². The van der Waals surface area contributed by atoms with Crippen LogP contribution in [0.15, 0.2) is 22.7 Å². The van der Waals surface area contributed by atoms with Crippen molar-refractivity contribution in [2.75, 3.05) is 6.61 Å².